The van der Waals surface area contributed by atoms with Crippen LogP contribution in [0.2, 0.25) is 10.0 Å². The van der Waals surface area contributed by atoms with Crippen LogP contribution >= 0.6 is 23.2 Å². The Labute approximate surface area is 158 Å². The SMILES string of the molecule is Cc1ccc2nc(COc3ncnc4c(Cl)cc(Cl)cc34)cc(=O)n2c1. The van der Waals surface area contributed by atoms with Gasteiger partial charge in [0.2, 0.25) is 5.88 Å². The van der Waals surface area contributed by atoms with E-state index in [1.165, 1.54) is 16.8 Å². The molecule has 4 aromatic rings. The Hall–Kier alpha value is -2.70. The number of rotatable bonds is 3. The van der Waals surface area contributed by atoms with Gasteiger partial charge in [-0.15, -0.1) is 0 Å². The summed E-state index contributed by atoms with van der Waals surface area (Å²) in [6, 6.07) is 8.42. The van der Waals surface area contributed by atoms with Crippen molar-refractivity contribution in [2.24, 2.45) is 0 Å². The minimum absolute atomic E-state index is 0.0792. The molecule has 8 heteroatoms. The summed E-state index contributed by atoms with van der Waals surface area (Å²) < 4.78 is 7.26. The van der Waals surface area contributed by atoms with E-state index in [1.807, 2.05) is 13.0 Å². The summed E-state index contributed by atoms with van der Waals surface area (Å²) in [6.45, 7) is 2.00. The van der Waals surface area contributed by atoms with Crippen LogP contribution in [-0.4, -0.2) is 19.4 Å². The molecule has 3 aromatic heterocycles. The molecule has 0 saturated carbocycles. The lowest BCUT2D eigenvalue weighted by atomic mass is 10.2. The van der Waals surface area contributed by atoms with Gasteiger partial charge in [-0.1, -0.05) is 29.3 Å². The zero-order valence-electron chi connectivity index (χ0n) is 13.6. The second-order valence-corrected chi connectivity index (χ2v) is 6.62. The van der Waals surface area contributed by atoms with Gasteiger partial charge in [0.15, 0.2) is 0 Å². The van der Waals surface area contributed by atoms with Gasteiger partial charge in [0.05, 0.1) is 21.6 Å². The van der Waals surface area contributed by atoms with Crippen molar-refractivity contribution in [3.8, 4) is 5.88 Å². The lowest BCUT2D eigenvalue weighted by Gasteiger charge is -2.09. The molecule has 0 saturated heterocycles. The van der Waals surface area contributed by atoms with E-state index in [9.17, 15) is 4.79 Å². The predicted molar refractivity (Wildman–Crippen MR) is 100 cm³/mol. The van der Waals surface area contributed by atoms with E-state index in [0.29, 0.717) is 38.2 Å². The molecule has 0 bridgehead atoms. The van der Waals surface area contributed by atoms with Crippen LogP contribution < -0.4 is 10.3 Å². The first kappa shape index (κ1) is 16.8. The van der Waals surface area contributed by atoms with Gasteiger partial charge in [0, 0.05) is 17.3 Å². The largest absolute Gasteiger partial charge is 0.471 e. The standard InChI is InChI=1S/C18H12Cl2N4O2/c1-10-2-3-15-23-12(6-16(25)24(15)7-10)8-26-18-13-4-11(19)5-14(20)17(13)21-9-22-18/h2-7,9H,8H2,1H3. The zero-order chi connectivity index (χ0) is 18.3. The van der Waals surface area contributed by atoms with Gasteiger partial charge >= 0.3 is 0 Å². The Bertz CT molecular complexity index is 1210. The Morgan fingerprint density at radius 3 is 2.85 bits per heavy atom. The highest BCUT2D eigenvalue weighted by molar-refractivity contribution is 6.38. The van der Waals surface area contributed by atoms with E-state index >= 15 is 0 Å². The Morgan fingerprint density at radius 1 is 1.15 bits per heavy atom. The minimum atomic E-state index is -0.170. The van der Waals surface area contributed by atoms with Crippen molar-refractivity contribution < 1.29 is 4.74 Å². The second kappa shape index (κ2) is 6.55. The van der Waals surface area contributed by atoms with Crippen LogP contribution in [0, 0.1) is 6.92 Å². The molecule has 0 atom stereocenters. The third-order valence-corrected chi connectivity index (χ3v) is 4.34. The van der Waals surface area contributed by atoms with Gasteiger partial charge < -0.3 is 4.74 Å². The maximum absolute atomic E-state index is 12.3. The molecule has 0 amide bonds. The fourth-order valence-corrected chi connectivity index (χ4v) is 3.20. The van der Waals surface area contributed by atoms with E-state index in [4.69, 9.17) is 27.9 Å². The van der Waals surface area contributed by atoms with Gasteiger partial charge in [-0.25, -0.2) is 15.0 Å². The molecule has 0 spiro atoms. The first-order chi connectivity index (χ1) is 12.5. The number of ether oxygens (including phenoxy) is 1. The zero-order valence-corrected chi connectivity index (χ0v) is 15.1. The molecule has 0 fully saturated rings. The van der Waals surface area contributed by atoms with Crippen LogP contribution in [0.25, 0.3) is 16.6 Å². The first-order valence-corrected chi connectivity index (χ1v) is 8.48. The van der Waals surface area contributed by atoms with Gasteiger partial charge in [-0.05, 0) is 30.7 Å². The number of benzene rings is 1. The molecular formula is C18H12Cl2N4O2. The molecule has 3 heterocycles. The summed E-state index contributed by atoms with van der Waals surface area (Å²) >= 11 is 12.2. The number of aromatic nitrogens is 4. The summed E-state index contributed by atoms with van der Waals surface area (Å²) in [5.74, 6) is 0.324. The molecular weight excluding hydrogens is 375 g/mol. The normalized spacial score (nSPS) is 11.2. The van der Waals surface area contributed by atoms with Crippen LogP contribution in [0.5, 0.6) is 5.88 Å². The topological polar surface area (TPSA) is 69.4 Å². The van der Waals surface area contributed by atoms with Crippen molar-refractivity contribution in [2.45, 2.75) is 13.5 Å². The average Bonchev–Trinajstić information content (AvgIpc) is 2.60. The van der Waals surface area contributed by atoms with E-state index in [0.717, 1.165) is 5.56 Å². The molecule has 26 heavy (non-hydrogen) atoms. The summed E-state index contributed by atoms with van der Waals surface area (Å²) in [5.41, 5.74) is 2.41. The van der Waals surface area contributed by atoms with Crippen molar-refractivity contribution in [1.29, 1.82) is 0 Å². The van der Waals surface area contributed by atoms with Crippen LogP contribution in [0.3, 0.4) is 0 Å². The van der Waals surface area contributed by atoms with Crippen molar-refractivity contribution in [2.75, 3.05) is 0 Å². The fourth-order valence-electron chi connectivity index (χ4n) is 2.66. The predicted octanol–water partition coefficient (Wildman–Crippen LogP) is 3.83. The van der Waals surface area contributed by atoms with Crippen LogP contribution in [-0.2, 0) is 6.61 Å². The highest BCUT2D eigenvalue weighted by Crippen LogP contribution is 2.31. The molecule has 0 aliphatic carbocycles. The smallest absolute Gasteiger partial charge is 0.258 e. The monoisotopic (exact) mass is 386 g/mol. The maximum Gasteiger partial charge on any atom is 0.258 e. The molecule has 1 aromatic carbocycles. The molecule has 0 N–H and O–H groups in total. The molecule has 4 rings (SSSR count). The molecule has 0 radical (unpaired) electrons. The highest BCUT2D eigenvalue weighted by Gasteiger charge is 2.11. The van der Waals surface area contributed by atoms with Gasteiger partial charge in [0.1, 0.15) is 18.6 Å². The number of hydrogen-bond donors (Lipinski definition) is 0. The number of hydrogen-bond acceptors (Lipinski definition) is 5. The third-order valence-electron chi connectivity index (χ3n) is 3.84. The Kier molecular flexibility index (Phi) is 4.22. The Morgan fingerprint density at radius 2 is 2.00 bits per heavy atom. The maximum atomic E-state index is 12.3. The van der Waals surface area contributed by atoms with Crippen LogP contribution in [0.15, 0.2) is 47.7 Å². The number of aryl methyl sites for hydroxylation is 1. The minimum Gasteiger partial charge on any atom is -0.471 e. The van der Waals surface area contributed by atoms with E-state index in [1.54, 1.807) is 24.4 Å². The van der Waals surface area contributed by atoms with Crippen molar-refractivity contribution in [3.05, 3.63) is 74.5 Å². The number of halogens is 2. The summed E-state index contributed by atoms with van der Waals surface area (Å²) in [4.78, 5) is 25.0. The molecule has 0 aliphatic rings. The van der Waals surface area contributed by atoms with E-state index in [2.05, 4.69) is 15.0 Å². The van der Waals surface area contributed by atoms with Gasteiger partial charge in [-0.2, -0.15) is 0 Å². The van der Waals surface area contributed by atoms with Gasteiger partial charge in [0.25, 0.3) is 5.56 Å². The first-order valence-electron chi connectivity index (χ1n) is 7.73. The van der Waals surface area contributed by atoms with E-state index < -0.39 is 0 Å². The summed E-state index contributed by atoms with van der Waals surface area (Å²) in [6.07, 6.45) is 3.11. The average molecular weight is 387 g/mol. The Balaban J connectivity index is 1.70. The van der Waals surface area contributed by atoms with Crippen LogP contribution in [0.4, 0.5) is 0 Å². The highest BCUT2D eigenvalue weighted by atomic mass is 35.5. The molecule has 6 nitrogen and oxygen atoms in total. The van der Waals surface area contributed by atoms with Crippen molar-refractivity contribution in [3.63, 3.8) is 0 Å². The van der Waals surface area contributed by atoms with Gasteiger partial charge in [-0.3, -0.25) is 9.20 Å². The van der Waals surface area contributed by atoms with Crippen LogP contribution in [0.1, 0.15) is 11.3 Å². The third kappa shape index (κ3) is 3.09. The fraction of sp³-hybridized carbons (Fsp3) is 0.111. The summed E-state index contributed by atoms with van der Waals surface area (Å²) in [5, 5.41) is 1.47. The summed E-state index contributed by atoms with van der Waals surface area (Å²) in [7, 11) is 0. The molecule has 130 valence electrons. The lowest BCUT2D eigenvalue weighted by molar-refractivity contribution is 0.293. The number of fused-ring (bicyclic) bond motifs is 2. The number of pyridine rings is 1. The number of nitrogens with zero attached hydrogens (tertiary/aromatic N) is 4. The molecule has 0 unspecified atom stereocenters. The lowest BCUT2D eigenvalue weighted by Crippen LogP contribution is -2.16. The molecule has 0 aliphatic heterocycles. The quantitative estimate of drug-likeness (QED) is 0.535. The van der Waals surface area contributed by atoms with E-state index in [-0.39, 0.29) is 12.2 Å². The van der Waals surface area contributed by atoms with Crippen molar-refractivity contribution in [1.82, 2.24) is 19.4 Å². The van der Waals surface area contributed by atoms with Crippen molar-refractivity contribution >= 4 is 39.8 Å². The second-order valence-electron chi connectivity index (χ2n) is 5.77.